The number of ketones is 1. The van der Waals surface area contributed by atoms with Gasteiger partial charge in [0.05, 0.1) is 12.7 Å². The predicted molar refractivity (Wildman–Crippen MR) is 89.8 cm³/mol. The van der Waals surface area contributed by atoms with Crippen LogP contribution in [0.15, 0.2) is 53.9 Å². The van der Waals surface area contributed by atoms with E-state index < -0.39 is 0 Å². The van der Waals surface area contributed by atoms with Crippen molar-refractivity contribution in [2.24, 2.45) is 0 Å². The van der Waals surface area contributed by atoms with E-state index in [1.54, 1.807) is 29.5 Å². The molecule has 0 spiro atoms. The summed E-state index contributed by atoms with van der Waals surface area (Å²) in [6.45, 7) is 0. The van der Waals surface area contributed by atoms with Crippen LogP contribution in [0, 0.1) is 0 Å². The molecule has 0 atom stereocenters. The quantitative estimate of drug-likeness (QED) is 0.569. The van der Waals surface area contributed by atoms with Crippen LogP contribution < -0.4 is 4.74 Å². The molecule has 0 aliphatic heterocycles. The zero-order valence-corrected chi connectivity index (χ0v) is 12.8. The fraction of sp³-hybridized carbons (Fsp3) is 0.0556. The number of fused-ring (bicyclic) bond motifs is 1. The topological polar surface area (TPSA) is 46.5 Å². The van der Waals surface area contributed by atoms with Crippen molar-refractivity contribution in [2.75, 3.05) is 7.11 Å². The van der Waals surface area contributed by atoms with Gasteiger partial charge in [-0.2, -0.15) is 0 Å². The first kappa shape index (κ1) is 14.4. The van der Waals surface area contributed by atoms with E-state index >= 15 is 0 Å². The Hall–Kier alpha value is -2.59. The van der Waals surface area contributed by atoms with Gasteiger partial charge in [0.1, 0.15) is 11.5 Å². The standard InChI is InChI=1S/C18H14O3S/c1-21-13-7-8-15(17(20)10-13)16(19)9-6-12-11-22-18-5-3-2-4-14(12)18/h2-11,20H,1H3/b9-6+. The molecule has 0 saturated heterocycles. The number of rotatable bonds is 4. The number of aromatic hydroxyl groups is 1. The molecule has 4 heteroatoms. The predicted octanol–water partition coefficient (Wildman–Crippen LogP) is 4.51. The minimum absolute atomic E-state index is 0.0795. The van der Waals surface area contributed by atoms with Crippen molar-refractivity contribution in [3.05, 3.63) is 65.0 Å². The van der Waals surface area contributed by atoms with Crippen LogP contribution in [0.1, 0.15) is 15.9 Å². The van der Waals surface area contributed by atoms with E-state index in [4.69, 9.17) is 4.74 Å². The summed E-state index contributed by atoms with van der Waals surface area (Å²) in [6.07, 6.45) is 3.26. The van der Waals surface area contributed by atoms with Crippen LogP contribution in [-0.4, -0.2) is 18.0 Å². The third-order valence-corrected chi connectivity index (χ3v) is 4.38. The van der Waals surface area contributed by atoms with E-state index in [2.05, 4.69) is 6.07 Å². The maximum absolute atomic E-state index is 12.2. The highest BCUT2D eigenvalue weighted by Gasteiger charge is 2.09. The Morgan fingerprint density at radius 1 is 1.23 bits per heavy atom. The van der Waals surface area contributed by atoms with Crippen molar-refractivity contribution in [3.63, 3.8) is 0 Å². The van der Waals surface area contributed by atoms with Gasteiger partial charge in [0.25, 0.3) is 0 Å². The van der Waals surface area contributed by atoms with Gasteiger partial charge in [0.2, 0.25) is 0 Å². The number of ether oxygens (including phenoxy) is 1. The number of carbonyl (C=O) groups is 1. The average molecular weight is 310 g/mol. The van der Waals surface area contributed by atoms with Crippen molar-refractivity contribution in [2.45, 2.75) is 0 Å². The largest absolute Gasteiger partial charge is 0.507 e. The number of hydrogen-bond donors (Lipinski definition) is 1. The van der Waals surface area contributed by atoms with Gasteiger partial charge in [-0.15, -0.1) is 11.3 Å². The lowest BCUT2D eigenvalue weighted by molar-refractivity contribution is 0.104. The highest BCUT2D eigenvalue weighted by molar-refractivity contribution is 7.17. The molecule has 0 aliphatic carbocycles. The summed E-state index contributed by atoms with van der Waals surface area (Å²) in [5.41, 5.74) is 1.26. The molecule has 1 N–H and O–H groups in total. The summed E-state index contributed by atoms with van der Waals surface area (Å²) in [5, 5.41) is 13.0. The summed E-state index contributed by atoms with van der Waals surface area (Å²) in [4.78, 5) is 12.2. The maximum Gasteiger partial charge on any atom is 0.189 e. The number of thiophene rings is 1. The Morgan fingerprint density at radius 3 is 2.82 bits per heavy atom. The molecule has 0 amide bonds. The normalized spacial score (nSPS) is 11.1. The first-order valence-electron chi connectivity index (χ1n) is 6.74. The van der Waals surface area contributed by atoms with E-state index in [1.807, 2.05) is 23.6 Å². The van der Waals surface area contributed by atoms with Crippen LogP contribution in [0.3, 0.4) is 0 Å². The molecule has 3 nitrogen and oxygen atoms in total. The van der Waals surface area contributed by atoms with Crippen molar-refractivity contribution in [1.82, 2.24) is 0 Å². The molecule has 0 bridgehead atoms. The Morgan fingerprint density at radius 2 is 2.05 bits per heavy atom. The van der Waals surface area contributed by atoms with E-state index in [-0.39, 0.29) is 17.1 Å². The Balaban J connectivity index is 1.87. The molecule has 0 aliphatic rings. The average Bonchev–Trinajstić information content (AvgIpc) is 2.95. The molecule has 0 saturated carbocycles. The lowest BCUT2D eigenvalue weighted by Gasteiger charge is -2.03. The molecular weight excluding hydrogens is 296 g/mol. The lowest BCUT2D eigenvalue weighted by Crippen LogP contribution is -1.95. The summed E-state index contributed by atoms with van der Waals surface area (Å²) in [6, 6.07) is 12.7. The van der Waals surface area contributed by atoms with Crippen LogP contribution >= 0.6 is 11.3 Å². The number of benzene rings is 2. The number of hydrogen-bond acceptors (Lipinski definition) is 4. The van der Waals surface area contributed by atoms with Gasteiger partial charge in [-0.25, -0.2) is 0 Å². The van der Waals surface area contributed by atoms with Crippen molar-refractivity contribution in [3.8, 4) is 11.5 Å². The van der Waals surface area contributed by atoms with Gasteiger partial charge in [0.15, 0.2) is 5.78 Å². The van der Waals surface area contributed by atoms with Gasteiger partial charge in [0, 0.05) is 10.8 Å². The third kappa shape index (κ3) is 2.73. The number of phenols is 1. The first-order chi connectivity index (χ1) is 10.7. The van der Waals surface area contributed by atoms with E-state index in [1.165, 1.54) is 24.0 Å². The molecule has 1 aromatic heterocycles. The summed E-state index contributed by atoms with van der Waals surface area (Å²) in [7, 11) is 1.51. The minimum atomic E-state index is -0.240. The fourth-order valence-electron chi connectivity index (χ4n) is 2.23. The molecule has 1 heterocycles. The van der Waals surface area contributed by atoms with Gasteiger partial charge in [-0.05, 0) is 46.7 Å². The maximum atomic E-state index is 12.2. The highest BCUT2D eigenvalue weighted by Crippen LogP contribution is 2.27. The van der Waals surface area contributed by atoms with Crippen molar-refractivity contribution < 1.29 is 14.6 Å². The second-order valence-electron chi connectivity index (χ2n) is 4.77. The molecule has 2 aromatic carbocycles. The fourth-order valence-corrected chi connectivity index (χ4v) is 3.16. The monoisotopic (exact) mass is 310 g/mol. The molecular formula is C18H14O3S. The van der Waals surface area contributed by atoms with Crippen LogP contribution in [0.4, 0.5) is 0 Å². The smallest absolute Gasteiger partial charge is 0.189 e. The van der Waals surface area contributed by atoms with Crippen LogP contribution in [-0.2, 0) is 0 Å². The second-order valence-corrected chi connectivity index (χ2v) is 5.68. The van der Waals surface area contributed by atoms with E-state index in [0.29, 0.717) is 5.75 Å². The Kier molecular flexibility index (Phi) is 3.94. The number of methoxy groups -OCH3 is 1. The molecule has 3 rings (SSSR count). The highest BCUT2D eigenvalue weighted by atomic mass is 32.1. The lowest BCUT2D eigenvalue weighted by atomic mass is 10.1. The molecule has 22 heavy (non-hydrogen) atoms. The summed E-state index contributed by atoms with van der Waals surface area (Å²) < 4.78 is 6.19. The number of phenolic OH excluding ortho intramolecular Hbond substituents is 1. The molecule has 0 unspecified atom stereocenters. The SMILES string of the molecule is COc1ccc(C(=O)/C=C/c2csc3ccccc23)c(O)c1. The minimum Gasteiger partial charge on any atom is -0.507 e. The molecule has 0 radical (unpaired) electrons. The van der Waals surface area contributed by atoms with Crippen molar-refractivity contribution >= 4 is 33.3 Å². The Labute approximate surface area is 132 Å². The van der Waals surface area contributed by atoms with Gasteiger partial charge >= 0.3 is 0 Å². The molecule has 0 fully saturated rings. The number of carbonyl (C=O) groups excluding carboxylic acids is 1. The first-order valence-corrected chi connectivity index (χ1v) is 7.62. The zero-order valence-electron chi connectivity index (χ0n) is 11.9. The van der Waals surface area contributed by atoms with E-state index in [0.717, 1.165) is 10.9 Å². The summed E-state index contributed by atoms with van der Waals surface area (Å²) in [5.74, 6) is 0.196. The van der Waals surface area contributed by atoms with Crippen molar-refractivity contribution in [1.29, 1.82) is 0 Å². The van der Waals surface area contributed by atoms with Gasteiger partial charge in [-0.3, -0.25) is 4.79 Å². The molecule has 3 aromatic rings. The second kappa shape index (κ2) is 6.03. The van der Waals surface area contributed by atoms with Crippen LogP contribution in [0.25, 0.3) is 16.2 Å². The third-order valence-electron chi connectivity index (χ3n) is 3.40. The van der Waals surface area contributed by atoms with Gasteiger partial charge in [-0.1, -0.05) is 18.2 Å². The van der Waals surface area contributed by atoms with Crippen LogP contribution in [0.2, 0.25) is 0 Å². The molecule has 110 valence electrons. The summed E-state index contributed by atoms with van der Waals surface area (Å²) >= 11 is 1.64. The Bertz CT molecular complexity index is 862. The zero-order chi connectivity index (χ0) is 15.5. The number of allylic oxidation sites excluding steroid dienone is 1. The van der Waals surface area contributed by atoms with E-state index in [9.17, 15) is 9.90 Å². The van der Waals surface area contributed by atoms with Crippen LogP contribution in [0.5, 0.6) is 11.5 Å². The van der Waals surface area contributed by atoms with Gasteiger partial charge < -0.3 is 9.84 Å².